The molecule has 0 spiro atoms. The summed E-state index contributed by atoms with van der Waals surface area (Å²) in [7, 11) is 2.87. The molecule has 0 atom stereocenters. The van der Waals surface area contributed by atoms with E-state index in [1.807, 2.05) is 23.6 Å². The normalized spacial score (nSPS) is 10.6. The Hall–Kier alpha value is -2.37. The minimum absolute atomic E-state index is 0. The summed E-state index contributed by atoms with van der Waals surface area (Å²) in [5.41, 5.74) is 2.29. The number of ether oxygens (including phenoxy) is 2. The van der Waals surface area contributed by atoms with Crippen LogP contribution in [0.3, 0.4) is 0 Å². The number of amides is 2. The topological polar surface area (TPSA) is 102 Å². The number of methoxy groups -OCH3 is 1. The standard InChI is InChI=1S/C23H23BrCl2N4O5.ClH/c1-13-22(24)30-8-4-5-18(23(30)28-13)35-11-15-16(25)6-7-17(21(15)26)29(2)20(33)9-14(31)10-27-19(32)12-34-3;/h4-8H,9-12H2,1-3H3,(H,27,32);1H. The number of aryl methyl sites for hydroxylation is 1. The van der Waals surface area contributed by atoms with Gasteiger partial charge in [0.2, 0.25) is 11.8 Å². The third-order valence-electron chi connectivity index (χ3n) is 5.09. The van der Waals surface area contributed by atoms with Gasteiger partial charge in [-0.1, -0.05) is 23.2 Å². The summed E-state index contributed by atoms with van der Waals surface area (Å²) in [6.07, 6.45) is 1.45. The van der Waals surface area contributed by atoms with Crippen molar-refractivity contribution in [2.75, 3.05) is 32.2 Å². The fraction of sp³-hybridized carbons (Fsp3) is 0.304. The van der Waals surface area contributed by atoms with Crippen molar-refractivity contribution in [1.82, 2.24) is 14.7 Å². The lowest BCUT2D eigenvalue weighted by atomic mass is 10.1. The summed E-state index contributed by atoms with van der Waals surface area (Å²) in [5, 5.41) is 2.98. The van der Waals surface area contributed by atoms with E-state index in [1.54, 1.807) is 18.2 Å². The fourth-order valence-electron chi connectivity index (χ4n) is 3.23. The molecule has 0 aliphatic carbocycles. The highest BCUT2D eigenvalue weighted by Crippen LogP contribution is 2.35. The first kappa shape index (κ1) is 29.9. The van der Waals surface area contributed by atoms with Gasteiger partial charge in [0.25, 0.3) is 0 Å². The maximum absolute atomic E-state index is 12.7. The number of imidazole rings is 1. The summed E-state index contributed by atoms with van der Waals surface area (Å²) in [6.45, 7) is 1.47. The molecule has 1 aromatic carbocycles. The molecule has 2 amide bonds. The van der Waals surface area contributed by atoms with Gasteiger partial charge in [-0.25, -0.2) is 4.98 Å². The minimum Gasteiger partial charge on any atom is -0.485 e. The molecule has 0 unspecified atom stereocenters. The van der Waals surface area contributed by atoms with Crippen molar-refractivity contribution in [2.24, 2.45) is 0 Å². The summed E-state index contributed by atoms with van der Waals surface area (Å²) >= 11 is 16.5. The number of Topliss-reactive ketones (excluding diaryl/α,β-unsaturated/α-hetero) is 1. The highest BCUT2D eigenvalue weighted by atomic mass is 79.9. The number of aromatic nitrogens is 2. The number of fused-ring (bicyclic) bond motifs is 1. The highest BCUT2D eigenvalue weighted by molar-refractivity contribution is 9.10. The molecule has 0 radical (unpaired) electrons. The summed E-state index contributed by atoms with van der Waals surface area (Å²) in [5.74, 6) is -0.853. The Kier molecular flexibility index (Phi) is 11.0. The van der Waals surface area contributed by atoms with E-state index in [1.165, 1.54) is 19.1 Å². The summed E-state index contributed by atoms with van der Waals surface area (Å²) in [4.78, 5) is 42.0. The van der Waals surface area contributed by atoms with Gasteiger partial charge in [0.05, 0.1) is 29.4 Å². The maximum Gasteiger partial charge on any atom is 0.246 e. The van der Waals surface area contributed by atoms with Crippen LogP contribution in [0.2, 0.25) is 10.0 Å². The molecule has 1 N–H and O–H groups in total. The van der Waals surface area contributed by atoms with Crippen molar-refractivity contribution in [3.63, 3.8) is 0 Å². The van der Waals surface area contributed by atoms with Gasteiger partial charge in [0, 0.05) is 30.9 Å². The largest absolute Gasteiger partial charge is 0.485 e. The van der Waals surface area contributed by atoms with Gasteiger partial charge in [-0.3, -0.25) is 18.8 Å². The Morgan fingerprint density at radius 3 is 2.64 bits per heavy atom. The number of benzene rings is 1. The Balaban J connectivity index is 0.00000456. The number of halogens is 4. The van der Waals surface area contributed by atoms with Crippen molar-refractivity contribution in [2.45, 2.75) is 20.0 Å². The van der Waals surface area contributed by atoms with Crippen LogP contribution in [-0.4, -0.2) is 54.3 Å². The second kappa shape index (κ2) is 13.3. The number of pyridine rings is 1. The van der Waals surface area contributed by atoms with E-state index in [9.17, 15) is 14.4 Å². The third kappa shape index (κ3) is 6.89. The van der Waals surface area contributed by atoms with Gasteiger partial charge in [-0.15, -0.1) is 12.4 Å². The van der Waals surface area contributed by atoms with Crippen LogP contribution in [-0.2, 0) is 25.7 Å². The molecular weight excluding hydrogens is 599 g/mol. The first-order valence-electron chi connectivity index (χ1n) is 10.4. The van der Waals surface area contributed by atoms with Crippen molar-refractivity contribution in [3.05, 3.63) is 56.4 Å². The zero-order valence-electron chi connectivity index (χ0n) is 19.6. The predicted octanol–water partition coefficient (Wildman–Crippen LogP) is 4.40. The number of hydrogen-bond donors (Lipinski definition) is 1. The van der Waals surface area contributed by atoms with E-state index in [0.717, 1.165) is 10.3 Å². The molecule has 0 saturated heterocycles. The zero-order chi connectivity index (χ0) is 25.7. The maximum atomic E-state index is 12.7. The van der Waals surface area contributed by atoms with Crippen LogP contribution < -0.4 is 15.0 Å². The van der Waals surface area contributed by atoms with E-state index in [2.05, 4.69) is 31.0 Å². The van der Waals surface area contributed by atoms with Crippen LogP contribution in [0.25, 0.3) is 5.65 Å². The molecule has 2 heterocycles. The number of carbonyl (C=O) groups is 3. The lowest BCUT2D eigenvalue weighted by Gasteiger charge is -2.21. The quantitative estimate of drug-likeness (QED) is 0.337. The number of rotatable bonds is 10. The molecule has 3 aromatic rings. The lowest BCUT2D eigenvalue weighted by Crippen LogP contribution is -2.35. The van der Waals surface area contributed by atoms with E-state index in [-0.39, 0.29) is 37.2 Å². The molecule has 0 aliphatic rings. The average molecular weight is 623 g/mol. The van der Waals surface area contributed by atoms with Crippen LogP contribution in [0, 0.1) is 6.92 Å². The van der Waals surface area contributed by atoms with Crippen LogP contribution in [0.4, 0.5) is 5.69 Å². The van der Waals surface area contributed by atoms with Crippen LogP contribution >= 0.6 is 51.5 Å². The number of carbonyl (C=O) groups excluding carboxylic acids is 3. The molecule has 194 valence electrons. The number of hydrogen-bond acceptors (Lipinski definition) is 6. The van der Waals surface area contributed by atoms with Gasteiger partial charge in [0.15, 0.2) is 17.2 Å². The van der Waals surface area contributed by atoms with Crippen LogP contribution in [0.15, 0.2) is 35.1 Å². The molecule has 36 heavy (non-hydrogen) atoms. The molecule has 9 nitrogen and oxygen atoms in total. The zero-order valence-corrected chi connectivity index (χ0v) is 23.6. The smallest absolute Gasteiger partial charge is 0.246 e. The number of nitrogens with one attached hydrogen (secondary N) is 1. The Bertz CT molecular complexity index is 1280. The Morgan fingerprint density at radius 2 is 1.94 bits per heavy atom. The predicted molar refractivity (Wildman–Crippen MR) is 144 cm³/mol. The molecule has 13 heteroatoms. The minimum atomic E-state index is -0.491. The van der Waals surface area contributed by atoms with Crippen molar-refractivity contribution in [1.29, 1.82) is 0 Å². The second-order valence-electron chi connectivity index (χ2n) is 7.58. The van der Waals surface area contributed by atoms with Gasteiger partial charge < -0.3 is 19.7 Å². The van der Waals surface area contributed by atoms with Gasteiger partial charge >= 0.3 is 0 Å². The summed E-state index contributed by atoms with van der Waals surface area (Å²) < 4.78 is 13.3. The molecule has 2 aromatic heterocycles. The van der Waals surface area contributed by atoms with E-state index in [0.29, 0.717) is 27.7 Å². The Labute approximate surface area is 232 Å². The Morgan fingerprint density at radius 1 is 1.22 bits per heavy atom. The van der Waals surface area contributed by atoms with E-state index < -0.39 is 24.0 Å². The SMILES string of the molecule is COCC(=O)NCC(=O)CC(=O)N(C)c1ccc(Cl)c(COc2cccn3c(Br)c(C)nc23)c1Cl.Cl. The van der Waals surface area contributed by atoms with Crippen molar-refractivity contribution >= 4 is 80.5 Å². The molecule has 0 aliphatic heterocycles. The number of nitrogens with zero attached hydrogens (tertiary/aromatic N) is 3. The molecule has 0 saturated carbocycles. The van der Waals surface area contributed by atoms with Crippen LogP contribution in [0.1, 0.15) is 17.7 Å². The van der Waals surface area contributed by atoms with E-state index in [4.69, 9.17) is 27.9 Å². The second-order valence-corrected chi connectivity index (χ2v) is 9.12. The fourth-order valence-corrected chi connectivity index (χ4v) is 4.21. The van der Waals surface area contributed by atoms with Crippen LogP contribution in [0.5, 0.6) is 5.75 Å². The number of anilines is 1. The lowest BCUT2D eigenvalue weighted by molar-refractivity contribution is -0.130. The number of ketones is 1. The first-order valence-corrected chi connectivity index (χ1v) is 12.0. The van der Waals surface area contributed by atoms with Gasteiger partial charge in [-0.05, 0) is 47.1 Å². The highest BCUT2D eigenvalue weighted by Gasteiger charge is 2.21. The molecule has 3 rings (SSSR count). The molecular formula is C23H24BrCl3N4O5. The van der Waals surface area contributed by atoms with Crippen molar-refractivity contribution < 1.29 is 23.9 Å². The van der Waals surface area contributed by atoms with Crippen molar-refractivity contribution in [3.8, 4) is 5.75 Å². The third-order valence-corrected chi connectivity index (χ3v) is 6.83. The molecule has 0 bridgehead atoms. The van der Waals surface area contributed by atoms with E-state index >= 15 is 0 Å². The molecule has 0 fully saturated rings. The summed E-state index contributed by atoms with van der Waals surface area (Å²) in [6, 6.07) is 6.81. The van der Waals surface area contributed by atoms with Gasteiger partial charge in [-0.2, -0.15) is 0 Å². The first-order chi connectivity index (χ1) is 16.6. The van der Waals surface area contributed by atoms with Gasteiger partial charge in [0.1, 0.15) is 17.8 Å². The average Bonchev–Trinajstić information content (AvgIpc) is 3.11. The monoisotopic (exact) mass is 620 g/mol.